The molecule has 6 heteroatoms. The summed E-state index contributed by atoms with van der Waals surface area (Å²) in [7, 11) is 0. The third-order valence-electron chi connectivity index (χ3n) is 0.736. The fourth-order valence-corrected chi connectivity index (χ4v) is 0.396. The van der Waals surface area contributed by atoms with Crippen molar-refractivity contribution in [3.05, 3.63) is 6.20 Å². The molecule has 0 unspecified atom stereocenters. The summed E-state index contributed by atoms with van der Waals surface area (Å²) in [5.41, 5.74) is 0. The van der Waals surface area contributed by atoms with Gasteiger partial charge in [0.2, 0.25) is 0 Å². The van der Waals surface area contributed by atoms with Crippen molar-refractivity contribution in [2.75, 3.05) is 6.61 Å². The van der Waals surface area contributed by atoms with E-state index in [0.29, 0.717) is 0 Å². The lowest BCUT2D eigenvalue weighted by Crippen LogP contribution is -2.09. The predicted octanol–water partition coefficient (Wildman–Crippen LogP) is -0.732. The zero-order chi connectivity index (χ0) is 7.40. The molecule has 0 fully saturated rings. The Balaban J connectivity index is 2.35. The van der Waals surface area contributed by atoms with Gasteiger partial charge in [-0.2, -0.15) is 10.3 Å². The molecular weight excluding hydrogens is 138 g/mol. The summed E-state index contributed by atoms with van der Waals surface area (Å²) in [6, 6.07) is 0. The molecule has 0 aliphatic heterocycles. The normalized spacial score (nSPS) is 9.20. The Bertz CT molecular complexity index is 208. The number of rotatable bonds is 3. The standard InChI is InChI=1S/C4H5N3O3/c8-4(9)2-10-3-1-5-7-6-3/h1H,2H2,(H,8,9)(H,5,6,7). The van der Waals surface area contributed by atoms with Gasteiger partial charge in [-0.1, -0.05) is 0 Å². The number of ether oxygens (including phenoxy) is 1. The maximum Gasteiger partial charge on any atom is 0.341 e. The van der Waals surface area contributed by atoms with E-state index in [4.69, 9.17) is 5.11 Å². The van der Waals surface area contributed by atoms with Gasteiger partial charge < -0.3 is 9.84 Å². The van der Waals surface area contributed by atoms with Crippen LogP contribution < -0.4 is 4.74 Å². The molecule has 0 aromatic carbocycles. The first-order valence-electron chi connectivity index (χ1n) is 2.49. The minimum absolute atomic E-state index is 0.183. The molecule has 54 valence electrons. The predicted molar refractivity (Wildman–Crippen MR) is 29.5 cm³/mol. The number of H-pyrrole nitrogens is 1. The van der Waals surface area contributed by atoms with E-state index in [1.54, 1.807) is 0 Å². The highest BCUT2D eigenvalue weighted by Crippen LogP contribution is 1.97. The summed E-state index contributed by atoms with van der Waals surface area (Å²) in [6.07, 6.45) is 1.29. The highest BCUT2D eigenvalue weighted by Gasteiger charge is 1.99. The fraction of sp³-hybridized carbons (Fsp3) is 0.250. The summed E-state index contributed by atoms with van der Waals surface area (Å²) in [5.74, 6) is -0.856. The zero-order valence-corrected chi connectivity index (χ0v) is 4.94. The van der Waals surface area contributed by atoms with E-state index in [2.05, 4.69) is 20.1 Å². The van der Waals surface area contributed by atoms with Crippen LogP contribution in [0.1, 0.15) is 0 Å². The number of nitrogens with zero attached hydrogens (tertiary/aromatic N) is 2. The molecular formula is C4H5N3O3. The smallest absolute Gasteiger partial charge is 0.341 e. The second-order valence-corrected chi connectivity index (χ2v) is 1.49. The number of carbonyl (C=O) groups is 1. The second-order valence-electron chi connectivity index (χ2n) is 1.49. The van der Waals surface area contributed by atoms with Gasteiger partial charge in [0.05, 0.1) is 0 Å². The lowest BCUT2D eigenvalue weighted by atomic mass is 10.7. The number of hydrogen-bond donors (Lipinski definition) is 2. The first-order valence-corrected chi connectivity index (χ1v) is 2.49. The molecule has 10 heavy (non-hydrogen) atoms. The number of aromatic nitrogens is 3. The van der Waals surface area contributed by atoms with Gasteiger partial charge in [-0.25, -0.2) is 4.79 Å². The van der Waals surface area contributed by atoms with Gasteiger partial charge >= 0.3 is 5.97 Å². The minimum atomic E-state index is -1.04. The topological polar surface area (TPSA) is 88.1 Å². The summed E-state index contributed by atoms with van der Waals surface area (Å²) in [4.78, 5) is 9.91. The zero-order valence-electron chi connectivity index (χ0n) is 4.94. The van der Waals surface area contributed by atoms with Crippen molar-refractivity contribution in [3.8, 4) is 5.88 Å². The van der Waals surface area contributed by atoms with Crippen LogP contribution in [-0.4, -0.2) is 33.1 Å². The van der Waals surface area contributed by atoms with Gasteiger partial charge in [-0.3, -0.25) is 0 Å². The number of aliphatic carboxylic acids is 1. The van der Waals surface area contributed by atoms with E-state index in [9.17, 15) is 4.79 Å². The molecule has 0 spiro atoms. The summed E-state index contributed by atoms with van der Waals surface area (Å²) in [5, 5.41) is 17.3. The number of hydrogen-bond acceptors (Lipinski definition) is 4. The molecule has 2 N–H and O–H groups in total. The van der Waals surface area contributed by atoms with Crippen molar-refractivity contribution in [1.29, 1.82) is 0 Å². The fourth-order valence-electron chi connectivity index (χ4n) is 0.396. The molecule has 1 aromatic rings. The number of carboxylic acid groups (broad SMARTS) is 1. The number of aromatic amines is 1. The Morgan fingerprint density at radius 3 is 3.20 bits per heavy atom. The average Bonchev–Trinajstić information content (AvgIpc) is 2.34. The van der Waals surface area contributed by atoms with E-state index in [0.717, 1.165) is 0 Å². The molecule has 0 saturated heterocycles. The third-order valence-corrected chi connectivity index (χ3v) is 0.736. The van der Waals surface area contributed by atoms with E-state index in [1.807, 2.05) is 0 Å². The van der Waals surface area contributed by atoms with Crippen LogP contribution in [0.25, 0.3) is 0 Å². The molecule has 6 nitrogen and oxygen atoms in total. The van der Waals surface area contributed by atoms with Crippen LogP contribution in [0, 0.1) is 0 Å². The molecule has 0 aliphatic carbocycles. The molecule has 1 rings (SSSR count). The third kappa shape index (κ3) is 1.73. The molecule has 0 bridgehead atoms. The van der Waals surface area contributed by atoms with Gasteiger partial charge in [-0.05, 0) is 0 Å². The molecule has 0 atom stereocenters. The largest absolute Gasteiger partial charge is 0.479 e. The maximum absolute atomic E-state index is 9.91. The molecule has 1 heterocycles. The maximum atomic E-state index is 9.91. The first kappa shape index (κ1) is 6.53. The Kier molecular flexibility index (Phi) is 1.83. The molecule has 0 aliphatic rings. The van der Waals surface area contributed by atoms with Crippen LogP contribution in [0.5, 0.6) is 5.88 Å². The Hall–Kier alpha value is -1.59. The lowest BCUT2D eigenvalue weighted by molar-refractivity contribution is -0.139. The lowest BCUT2D eigenvalue weighted by Gasteiger charge is -1.93. The van der Waals surface area contributed by atoms with Crippen LogP contribution in [0.3, 0.4) is 0 Å². The SMILES string of the molecule is O=C(O)COc1cn[nH]n1. The van der Waals surface area contributed by atoms with Crippen LogP contribution >= 0.6 is 0 Å². The quantitative estimate of drug-likeness (QED) is 0.582. The summed E-state index contributed by atoms with van der Waals surface area (Å²) >= 11 is 0. The summed E-state index contributed by atoms with van der Waals surface area (Å²) < 4.78 is 4.60. The Labute approximate surface area is 55.8 Å². The Morgan fingerprint density at radius 1 is 1.90 bits per heavy atom. The van der Waals surface area contributed by atoms with E-state index in [-0.39, 0.29) is 5.88 Å². The highest BCUT2D eigenvalue weighted by atomic mass is 16.5. The monoisotopic (exact) mass is 143 g/mol. The van der Waals surface area contributed by atoms with Gasteiger partial charge in [0.15, 0.2) is 6.61 Å². The average molecular weight is 143 g/mol. The van der Waals surface area contributed by atoms with Crippen LogP contribution in [0.4, 0.5) is 0 Å². The second kappa shape index (κ2) is 2.81. The van der Waals surface area contributed by atoms with Gasteiger partial charge in [0.25, 0.3) is 5.88 Å². The molecule has 0 radical (unpaired) electrons. The van der Waals surface area contributed by atoms with Crippen molar-refractivity contribution >= 4 is 5.97 Å². The van der Waals surface area contributed by atoms with Crippen molar-refractivity contribution in [3.63, 3.8) is 0 Å². The molecule has 0 amide bonds. The number of carboxylic acids is 1. The van der Waals surface area contributed by atoms with Crippen molar-refractivity contribution in [1.82, 2.24) is 15.4 Å². The van der Waals surface area contributed by atoms with Crippen molar-refractivity contribution < 1.29 is 14.6 Å². The Morgan fingerprint density at radius 2 is 2.70 bits per heavy atom. The van der Waals surface area contributed by atoms with Crippen molar-refractivity contribution in [2.45, 2.75) is 0 Å². The van der Waals surface area contributed by atoms with Crippen LogP contribution in [0.2, 0.25) is 0 Å². The van der Waals surface area contributed by atoms with Gasteiger partial charge in [0.1, 0.15) is 6.20 Å². The van der Waals surface area contributed by atoms with Crippen LogP contribution in [-0.2, 0) is 4.79 Å². The minimum Gasteiger partial charge on any atom is -0.479 e. The first-order chi connectivity index (χ1) is 4.79. The van der Waals surface area contributed by atoms with E-state index in [1.165, 1.54) is 6.20 Å². The van der Waals surface area contributed by atoms with E-state index >= 15 is 0 Å². The highest BCUT2D eigenvalue weighted by molar-refractivity contribution is 5.68. The summed E-state index contributed by atoms with van der Waals surface area (Å²) in [6.45, 7) is -0.396. The van der Waals surface area contributed by atoms with Crippen LogP contribution in [0.15, 0.2) is 6.20 Å². The van der Waals surface area contributed by atoms with Gasteiger partial charge in [-0.15, -0.1) is 5.10 Å². The van der Waals surface area contributed by atoms with Crippen molar-refractivity contribution in [2.24, 2.45) is 0 Å². The number of nitrogens with one attached hydrogen (secondary N) is 1. The molecule has 0 saturated carbocycles. The van der Waals surface area contributed by atoms with E-state index < -0.39 is 12.6 Å². The van der Waals surface area contributed by atoms with Gasteiger partial charge in [0, 0.05) is 0 Å². The molecule has 1 aromatic heterocycles.